The van der Waals surface area contributed by atoms with E-state index in [9.17, 15) is 0 Å². The molecule has 0 aliphatic carbocycles. The van der Waals surface area contributed by atoms with Gasteiger partial charge in [-0.2, -0.15) is 0 Å². The van der Waals surface area contributed by atoms with Crippen LogP contribution in [-0.4, -0.2) is 0 Å². The number of aryl methyl sites for hydroxylation is 2. The summed E-state index contributed by atoms with van der Waals surface area (Å²) in [6.07, 6.45) is 5.94. The molecular weight excluding hydrogens is 256 g/mol. The van der Waals surface area contributed by atoms with E-state index in [1.807, 2.05) is 18.2 Å². The largest absolute Gasteiger partial charge is 0.448 e. The average molecular weight is 274 g/mol. The molecule has 0 N–H and O–H groups in total. The second-order valence-electron chi connectivity index (χ2n) is 5.10. The number of hydrogen-bond donors (Lipinski definition) is 0. The van der Waals surface area contributed by atoms with Crippen molar-refractivity contribution in [1.29, 1.82) is 0 Å². The van der Waals surface area contributed by atoms with Crippen LogP contribution in [0.15, 0.2) is 66.4 Å². The summed E-state index contributed by atoms with van der Waals surface area (Å²) in [6, 6.07) is 18.6. The summed E-state index contributed by atoms with van der Waals surface area (Å²) >= 11 is 0. The van der Waals surface area contributed by atoms with E-state index in [1.165, 1.54) is 11.1 Å². The van der Waals surface area contributed by atoms with Gasteiger partial charge in [-0.1, -0.05) is 54.5 Å². The molecule has 0 saturated carbocycles. The number of para-hydroxylation sites is 1. The predicted molar refractivity (Wildman–Crippen MR) is 86.0 cm³/mol. The second kappa shape index (κ2) is 6.81. The van der Waals surface area contributed by atoms with E-state index in [4.69, 9.17) is 4.74 Å². The number of rotatable bonds is 2. The van der Waals surface area contributed by atoms with Crippen LogP contribution in [0.5, 0.6) is 5.75 Å². The lowest BCUT2D eigenvalue weighted by Crippen LogP contribution is -1.93. The summed E-state index contributed by atoms with van der Waals surface area (Å²) in [5, 5.41) is 0. The van der Waals surface area contributed by atoms with Gasteiger partial charge in [0.1, 0.15) is 5.75 Å². The molecular formula is C20H18O. The topological polar surface area (TPSA) is 9.23 Å². The van der Waals surface area contributed by atoms with Crippen molar-refractivity contribution in [3.05, 3.63) is 77.6 Å². The van der Waals surface area contributed by atoms with Gasteiger partial charge in [-0.05, 0) is 48.5 Å². The Morgan fingerprint density at radius 1 is 0.952 bits per heavy atom. The van der Waals surface area contributed by atoms with Crippen molar-refractivity contribution >= 4 is 0 Å². The van der Waals surface area contributed by atoms with Gasteiger partial charge in [0.05, 0.1) is 0 Å². The molecule has 0 fully saturated rings. The maximum Gasteiger partial charge on any atom is 0.173 e. The van der Waals surface area contributed by atoms with Gasteiger partial charge in [0, 0.05) is 6.42 Å². The number of allylic oxidation sites excluding steroid dienone is 2. The summed E-state index contributed by atoms with van der Waals surface area (Å²) in [4.78, 5) is 0. The number of fused-ring (bicyclic) bond motifs is 1. The fourth-order valence-corrected chi connectivity index (χ4v) is 2.41. The first-order valence-electron chi connectivity index (χ1n) is 7.40. The highest BCUT2D eigenvalue weighted by Crippen LogP contribution is 2.24. The summed E-state index contributed by atoms with van der Waals surface area (Å²) in [6.45, 7) is 0. The molecule has 21 heavy (non-hydrogen) atoms. The molecule has 3 rings (SSSR count). The molecule has 104 valence electrons. The lowest BCUT2D eigenvalue weighted by Gasteiger charge is -2.06. The highest BCUT2D eigenvalue weighted by Gasteiger charge is 2.08. The van der Waals surface area contributed by atoms with Crippen LogP contribution in [0.1, 0.15) is 24.0 Å². The number of benzene rings is 2. The highest BCUT2D eigenvalue weighted by atomic mass is 16.5. The first-order chi connectivity index (χ1) is 10.4. The minimum absolute atomic E-state index is 0.785. The monoisotopic (exact) mass is 274 g/mol. The van der Waals surface area contributed by atoms with Crippen LogP contribution in [0.4, 0.5) is 0 Å². The van der Waals surface area contributed by atoms with Gasteiger partial charge in [-0.15, -0.1) is 0 Å². The molecule has 2 aromatic carbocycles. The maximum atomic E-state index is 5.90. The van der Waals surface area contributed by atoms with Crippen LogP contribution in [0.2, 0.25) is 0 Å². The van der Waals surface area contributed by atoms with E-state index >= 15 is 0 Å². The fourth-order valence-electron chi connectivity index (χ4n) is 2.41. The maximum absolute atomic E-state index is 5.90. The smallest absolute Gasteiger partial charge is 0.173 e. The van der Waals surface area contributed by atoms with Gasteiger partial charge in [0.15, 0.2) is 5.76 Å². The molecule has 0 atom stereocenters. The first-order valence-corrected chi connectivity index (χ1v) is 7.40. The Hall–Kier alpha value is -2.46. The SMILES string of the molecule is C(#CC1=CCCc2ccccc2O1)CCc1ccccc1. The lowest BCUT2D eigenvalue weighted by atomic mass is 10.1. The van der Waals surface area contributed by atoms with Crippen molar-refractivity contribution < 1.29 is 4.74 Å². The molecule has 0 amide bonds. The van der Waals surface area contributed by atoms with Crippen LogP contribution < -0.4 is 4.74 Å². The van der Waals surface area contributed by atoms with Crippen molar-refractivity contribution in [2.45, 2.75) is 25.7 Å². The third-order valence-electron chi connectivity index (χ3n) is 3.53. The van der Waals surface area contributed by atoms with E-state index in [0.29, 0.717) is 0 Å². The molecule has 0 unspecified atom stereocenters. The zero-order chi connectivity index (χ0) is 14.3. The normalized spacial score (nSPS) is 13.0. The van der Waals surface area contributed by atoms with E-state index < -0.39 is 0 Å². The first kappa shape index (κ1) is 13.5. The summed E-state index contributed by atoms with van der Waals surface area (Å²) < 4.78 is 5.90. The van der Waals surface area contributed by atoms with E-state index in [-0.39, 0.29) is 0 Å². The predicted octanol–water partition coefficient (Wildman–Crippen LogP) is 4.53. The molecule has 0 saturated heterocycles. The van der Waals surface area contributed by atoms with Crippen molar-refractivity contribution in [2.24, 2.45) is 0 Å². The molecule has 1 nitrogen and oxygen atoms in total. The zero-order valence-corrected chi connectivity index (χ0v) is 12.0. The molecule has 2 aromatic rings. The van der Waals surface area contributed by atoms with Crippen molar-refractivity contribution in [3.8, 4) is 17.6 Å². The Morgan fingerprint density at radius 2 is 1.76 bits per heavy atom. The Labute approximate surface area is 126 Å². The van der Waals surface area contributed by atoms with Crippen molar-refractivity contribution in [2.75, 3.05) is 0 Å². The van der Waals surface area contributed by atoms with E-state index in [1.54, 1.807) is 0 Å². The average Bonchev–Trinajstić information content (AvgIpc) is 2.74. The molecule has 0 bridgehead atoms. The third kappa shape index (κ3) is 3.77. The van der Waals surface area contributed by atoms with Crippen LogP contribution >= 0.6 is 0 Å². The van der Waals surface area contributed by atoms with Crippen molar-refractivity contribution in [3.63, 3.8) is 0 Å². The standard InChI is InChI=1S/C20H18O/c1-2-9-17(10-3-1)11-4-6-14-19-15-8-13-18-12-5-7-16-20(18)21-19/h1-3,5,7,9-10,12,15-16H,4,8,11,13H2. The molecule has 0 aromatic heterocycles. The molecule has 1 aliphatic heterocycles. The van der Waals surface area contributed by atoms with E-state index in [2.05, 4.69) is 54.3 Å². The Kier molecular flexibility index (Phi) is 4.39. The Bertz CT molecular complexity index is 687. The number of ether oxygens (including phenoxy) is 1. The number of hydrogen-bond acceptors (Lipinski definition) is 1. The van der Waals surface area contributed by atoms with Gasteiger partial charge in [-0.25, -0.2) is 0 Å². The van der Waals surface area contributed by atoms with Crippen LogP contribution in [0.25, 0.3) is 0 Å². The summed E-state index contributed by atoms with van der Waals surface area (Å²) in [5.74, 6) is 8.11. The lowest BCUT2D eigenvalue weighted by molar-refractivity contribution is 0.448. The Morgan fingerprint density at radius 3 is 2.67 bits per heavy atom. The molecule has 1 heterocycles. The summed E-state index contributed by atoms with van der Waals surface area (Å²) in [5.41, 5.74) is 2.59. The molecule has 0 radical (unpaired) electrons. The molecule has 0 spiro atoms. The zero-order valence-electron chi connectivity index (χ0n) is 12.0. The molecule has 1 heteroatoms. The molecule has 1 aliphatic rings. The van der Waals surface area contributed by atoms with Gasteiger partial charge >= 0.3 is 0 Å². The van der Waals surface area contributed by atoms with Crippen LogP contribution in [0.3, 0.4) is 0 Å². The quantitative estimate of drug-likeness (QED) is 0.731. The fraction of sp³-hybridized carbons (Fsp3) is 0.200. The van der Waals surface area contributed by atoms with Gasteiger partial charge < -0.3 is 4.74 Å². The van der Waals surface area contributed by atoms with Gasteiger partial charge in [0.2, 0.25) is 0 Å². The second-order valence-corrected chi connectivity index (χ2v) is 5.10. The minimum Gasteiger partial charge on any atom is -0.448 e. The Balaban J connectivity index is 1.61. The van der Waals surface area contributed by atoms with Gasteiger partial charge in [-0.3, -0.25) is 0 Å². The minimum atomic E-state index is 0.785. The van der Waals surface area contributed by atoms with Gasteiger partial charge in [0.25, 0.3) is 0 Å². The summed E-state index contributed by atoms with van der Waals surface area (Å²) in [7, 11) is 0. The van der Waals surface area contributed by atoms with Crippen LogP contribution in [0, 0.1) is 11.8 Å². The van der Waals surface area contributed by atoms with Crippen molar-refractivity contribution in [1.82, 2.24) is 0 Å². The third-order valence-corrected chi connectivity index (χ3v) is 3.53. The van der Waals surface area contributed by atoms with Crippen LogP contribution in [-0.2, 0) is 12.8 Å². The van der Waals surface area contributed by atoms with E-state index in [0.717, 1.165) is 37.2 Å². The highest BCUT2D eigenvalue weighted by molar-refractivity contribution is 5.39.